The van der Waals surface area contributed by atoms with E-state index >= 15 is 0 Å². The first-order chi connectivity index (χ1) is 8.61. The summed E-state index contributed by atoms with van der Waals surface area (Å²) in [4.78, 5) is 23.2. The van der Waals surface area contributed by atoms with Crippen LogP contribution in [0.15, 0.2) is 24.3 Å². The zero-order valence-corrected chi connectivity index (χ0v) is 9.43. The number of phenols is 2. The van der Waals surface area contributed by atoms with E-state index in [1.54, 1.807) is 24.3 Å². The van der Waals surface area contributed by atoms with E-state index in [-0.39, 0.29) is 29.9 Å². The lowest BCUT2D eigenvalue weighted by molar-refractivity contribution is -0.115. The summed E-state index contributed by atoms with van der Waals surface area (Å²) < 4.78 is 0. The second-order valence-electron chi connectivity index (χ2n) is 4.35. The van der Waals surface area contributed by atoms with Crippen LogP contribution in [0.25, 0.3) is 10.8 Å². The van der Waals surface area contributed by atoms with E-state index in [4.69, 9.17) is 0 Å². The molecule has 2 aromatic carbocycles. The van der Waals surface area contributed by atoms with Crippen LogP contribution in [-0.2, 0) is 11.2 Å². The lowest BCUT2D eigenvalue weighted by atomic mass is 9.86. The van der Waals surface area contributed by atoms with Gasteiger partial charge in [0.25, 0.3) is 0 Å². The quantitative estimate of drug-likeness (QED) is 0.547. The maximum absolute atomic E-state index is 11.8. The number of rotatable bonds is 0. The molecule has 0 radical (unpaired) electrons. The molecule has 0 unspecified atom stereocenters. The summed E-state index contributed by atoms with van der Waals surface area (Å²) in [5.74, 6) is -1.46. The van der Waals surface area contributed by atoms with Crippen molar-refractivity contribution < 1.29 is 19.8 Å². The van der Waals surface area contributed by atoms with Gasteiger partial charge in [-0.2, -0.15) is 0 Å². The fraction of sp³-hybridized carbons (Fsp3) is 0.143. The first-order valence-corrected chi connectivity index (χ1v) is 5.64. The van der Waals surface area contributed by atoms with Crippen LogP contribution in [0.5, 0.6) is 11.5 Å². The van der Waals surface area contributed by atoms with Crippen molar-refractivity contribution in [2.75, 3.05) is 0 Å². The number of phenolic OH excluding ortho intramolecular Hbond substituents is 2. The van der Waals surface area contributed by atoms with Crippen molar-refractivity contribution in [3.63, 3.8) is 0 Å². The van der Waals surface area contributed by atoms with Crippen LogP contribution in [0.4, 0.5) is 0 Å². The summed E-state index contributed by atoms with van der Waals surface area (Å²) in [5, 5.41) is 21.2. The van der Waals surface area contributed by atoms with E-state index in [1.165, 1.54) is 0 Å². The third-order valence-electron chi connectivity index (χ3n) is 3.34. The molecule has 18 heavy (non-hydrogen) atoms. The molecular formula is C14H10O4. The van der Waals surface area contributed by atoms with Gasteiger partial charge in [-0.15, -0.1) is 0 Å². The highest BCUT2D eigenvalue weighted by molar-refractivity contribution is 6.46. The normalized spacial score (nSPS) is 14.9. The van der Waals surface area contributed by atoms with Crippen LogP contribution >= 0.6 is 0 Å². The molecule has 3 rings (SSSR count). The van der Waals surface area contributed by atoms with E-state index in [9.17, 15) is 19.8 Å². The van der Waals surface area contributed by atoms with Gasteiger partial charge in [0.2, 0.25) is 11.6 Å². The van der Waals surface area contributed by atoms with Crippen LogP contribution in [0.3, 0.4) is 0 Å². The van der Waals surface area contributed by atoms with Gasteiger partial charge in [-0.3, -0.25) is 9.59 Å². The molecule has 4 heteroatoms. The van der Waals surface area contributed by atoms with Gasteiger partial charge in [0.15, 0.2) is 0 Å². The molecule has 4 nitrogen and oxygen atoms in total. The molecule has 0 aromatic heterocycles. The summed E-state index contributed by atoms with van der Waals surface area (Å²) in [6.07, 6.45) is 0.362. The molecule has 0 spiro atoms. The van der Waals surface area contributed by atoms with Crippen molar-refractivity contribution in [1.29, 1.82) is 0 Å². The zero-order valence-electron chi connectivity index (χ0n) is 9.43. The molecule has 0 atom stereocenters. The molecule has 0 saturated carbocycles. The molecule has 0 fully saturated rings. The summed E-state index contributed by atoms with van der Waals surface area (Å²) in [6, 6.07) is 6.72. The minimum absolute atomic E-state index is 0.0146. The highest BCUT2D eigenvalue weighted by Gasteiger charge is 2.31. The average molecular weight is 242 g/mol. The number of carbonyl (C=O) groups excluding carboxylic acids is 2. The number of benzene rings is 2. The number of fused-ring (bicyclic) bond motifs is 2. The Balaban J connectivity index is 2.48. The number of Topliss-reactive ketones (excluding diaryl/α,β-unsaturated/α-hetero) is 2. The third kappa shape index (κ3) is 1.26. The largest absolute Gasteiger partial charge is 0.507 e. The second-order valence-corrected chi connectivity index (χ2v) is 4.35. The van der Waals surface area contributed by atoms with Gasteiger partial charge in [-0.25, -0.2) is 0 Å². The Morgan fingerprint density at radius 2 is 1.50 bits per heavy atom. The van der Waals surface area contributed by atoms with Crippen LogP contribution < -0.4 is 0 Å². The standard InChI is InChI=1S/C14H10O4/c15-10-6-5-9-11(14(10)18)13(17)8-4-2-1-3-7(8)12(9)16/h1-4,16-17H,5-6H2. The second kappa shape index (κ2) is 3.57. The van der Waals surface area contributed by atoms with Gasteiger partial charge < -0.3 is 10.2 Å². The lowest BCUT2D eigenvalue weighted by Gasteiger charge is -2.18. The van der Waals surface area contributed by atoms with E-state index in [1.807, 2.05) is 0 Å². The third-order valence-corrected chi connectivity index (χ3v) is 3.34. The van der Waals surface area contributed by atoms with Crippen molar-refractivity contribution in [2.45, 2.75) is 12.8 Å². The lowest BCUT2D eigenvalue weighted by Crippen LogP contribution is -2.22. The topological polar surface area (TPSA) is 74.6 Å². The van der Waals surface area contributed by atoms with Gasteiger partial charge in [0, 0.05) is 22.8 Å². The molecule has 1 aliphatic carbocycles. The van der Waals surface area contributed by atoms with Crippen LogP contribution in [0.2, 0.25) is 0 Å². The molecule has 0 heterocycles. The number of hydrogen-bond acceptors (Lipinski definition) is 4. The SMILES string of the molecule is O=C1CCc2c(c(O)c3ccccc3c2O)C1=O. The monoisotopic (exact) mass is 242 g/mol. The Hall–Kier alpha value is -2.36. The van der Waals surface area contributed by atoms with Crippen LogP contribution in [0.1, 0.15) is 22.3 Å². The Morgan fingerprint density at radius 3 is 2.17 bits per heavy atom. The molecule has 90 valence electrons. The summed E-state index contributed by atoms with van der Waals surface area (Å²) >= 11 is 0. The van der Waals surface area contributed by atoms with Crippen molar-refractivity contribution in [2.24, 2.45) is 0 Å². The summed E-state index contributed by atoms with van der Waals surface area (Å²) in [7, 11) is 0. The maximum Gasteiger partial charge on any atom is 0.232 e. The summed E-state index contributed by atoms with van der Waals surface area (Å²) in [6.45, 7) is 0. The Morgan fingerprint density at radius 1 is 0.889 bits per heavy atom. The minimum atomic E-state index is -0.713. The summed E-state index contributed by atoms with van der Waals surface area (Å²) in [5.41, 5.74) is 0.332. The first-order valence-electron chi connectivity index (χ1n) is 5.64. The van der Waals surface area contributed by atoms with E-state index in [0.29, 0.717) is 16.3 Å². The smallest absolute Gasteiger partial charge is 0.232 e. The fourth-order valence-corrected chi connectivity index (χ4v) is 2.43. The molecule has 0 bridgehead atoms. The number of carbonyl (C=O) groups is 2. The van der Waals surface area contributed by atoms with Gasteiger partial charge in [0.1, 0.15) is 11.5 Å². The Kier molecular flexibility index (Phi) is 2.13. The fourth-order valence-electron chi connectivity index (χ4n) is 2.43. The minimum Gasteiger partial charge on any atom is -0.507 e. The Labute approximate surface area is 102 Å². The molecule has 0 aliphatic heterocycles. The van der Waals surface area contributed by atoms with E-state index in [0.717, 1.165) is 0 Å². The highest BCUT2D eigenvalue weighted by Crippen LogP contribution is 2.41. The number of hydrogen-bond donors (Lipinski definition) is 2. The number of ketones is 2. The van der Waals surface area contributed by atoms with Crippen LogP contribution in [-0.4, -0.2) is 21.8 Å². The predicted octanol–water partition coefficient (Wildman–Crippen LogP) is 1.95. The molecule has 0 saturated heterocycles. The Bertz CT molecular complexity index is 700. The van der Waals surface area contributed by atoms with Gasteiger partial charge >= 0.3 is 0 Å². The number of aromatic hydroxyl groups is 2. The van der Waals surface area contributed by atoms with Crippen molar-refractivity contribution >= 4 is 22.3 Å². The maximum atomic E-state index is 11.8. The van der Waals surface area contributed by atoms with E-state index < -0.39 is 11.6 Å². The first kappa shape index (κ1) is 10.8. The molecule has 1 aliphatic rings. The molecule has 2 N–H and O–H groups in total. The molecule has 0 amide bonds. The van der Waals surface area contributed by atoms with Crippen molar-refractivity contribution in [3.05, 3.63) is 35.4 Å². The van der Waals surface area contributed by atoms with Gasteiger partial charge in [-0.1, -0.05) is 24.3 Å². The van der Waals surface area contributed by atoms with E-state index in [2.05, 4.69) is 0 Å². The van der Waals surface area contributed by atoms with Gasteiger partial charge in [0.05, 0.1) is 5.56 Å². The van der Waals surface area contributed by atoms with Crippen LogP contribution in [0, 0.1) is 0 Å². The predicted molar refractivity (Wildman–Crippen MR) is 64.9 cm³/mol. The molecule has 2 aromatic rings. The van der Waals surface area contributed by atoms with Crippen molar-refractivity contribution in [3.8, 4) is 11.5 Å². The zero-order chi connectivity index (χ0) is 12.9. The van der Waals surface area contributed by atoms with Gasteiger partial charge in [-0.05, 0) is 6.42 Å². The average Bonchev–Trinajstić information content (AvgIpc) is 2.39. The highest BCUT2D eigenvalue weighted by atomic mass is 16.3. The molecular weight excluding hydrogens is 232 g/mol. The van der Waals surface area contributed by atoms with Crippen molar-refractivity contribution in [1.82, 2.24) is 0 Å².